The Morgan fingerprint density at radius 3 is 2.74 bits per heavy atom. The highest BCUT2D eigenvalue weighted by atomic mass is 16.5. The molecule has 1 amide bonds. The Bertz CT molecular complexity index is 620. The highest BCUT2D eigenvalue weighted by Gasteiger charge is 2.05. The van der Waals surface area contributed by atoms with Crippen LogP contribution in [0, 0.1) is 0 Å². The van der Waals surface area contributed by atoms with Gasteiger partial charge in [-0.1, -0.05) is 0 Å². The minimum atomic E-state index is -0.451. The number of anilines is 1. The van der Waals surface area contributed by atoms with Gasteiger partial charge in [-0.25, -0.2) is 9.78 Å². The Hall–Kier alpha value is -2.63. The maximum atomic E-state index is 11.8. The highest BCUT2D eigenvalue weighted by molar-refractivity contribution is 5.90. The molecule has 98 valence electrons. The maximum absolute atomic E-state index is 11.8. The lowest BCUT2D eigenvalue weighted by atomic mass is 10.3. The number of amides is 1. The molecule has 1 aromatic carbocycles. The van der Waals surface area contributed by atoms with Gasteiger partial charge in [0.1, 0.15) is 12.3 Å². The fraction of sp³-hybridized carbons (Fsp3) is 0.154. The molecule has 2 rings (SSSR count). The molecule has 0 unspecified atom stereocenters. The van der Waals surface area contributed by atoms with E-state index in [1.165, 1.54) is 17.0 Å². The van der Waals surface area contributed by atoms with Crippen LogP contribution in [0.4, 0.5) is 5.69 Å². The lowest BCUT2D eigenvalue weighted by molar-refractivity contribution is -0.116. The molecule has 1 aromatic heterocycles. The Morgan fingerprint density at radius 1 is 1.37 bits per heavy atom. The van der Waals surface area contributed by atoms with Gasteiger partial charge in [-0.05, 0) is 30.3 Å². The predicted octanol–water partition coefficient (Wildman–Crippen LogP) is 0.891. The topological polar surface area (TPSA) is 73.2 Å². The molecule has 0 atom stereocenters. The number of hydrogen-bond acceptors (Lipinski definition) is 4. The minimum Gasteiger partial charge on any atom is -0.497 e. The van der Waals surface area contributed by atoms with Crippen molar-refractivity contribution in [2.24, 2.45) is 0 Å². The summed E-state index contributed by atoms with van der Waals surface area (Å²) in [5.74, 6) is 0.418. The second kappa shape index (κ2) is 5.81. The average molecular weight is 259 g/mol. The van der Waals surface area contributed by atoms with Crippen molar-refractivity contribution < 1.29 is 9.53 Å². The van der Waals surface area contributed by atoms with E-state index in [1.54, 1.807) is 37.4 Å². The predicted molar refractivity (Wildman–Crippen MR) is 70.1 cm³/mol. The van der Waals surface area contributed by atoms with Crippen LogP contribution in [0.15, 0.2) is 47.5 Å². The second-order valence-electron chi connectivity index (χ2n) is 3.81. The largest absolute Gasteiger partial charge is 0.497 e. The van der Waals surface area contributed by atoms with Gasteiger partial charge in [0.2, 0.25) is 5.91 Å². The Labute approximate surface area is 109 Å². The van der Waals surface area contributed by atoms with E-state index in [1.807, 2.05) is 0 Å². The van der Waals surface area contributed by atoms with Gasteiger partial charge >= 0.3 is 5.69 Å². The summed E-state index contributed by atoms with van der Waals surface area (Å²) in [4.78, 5) is 26.7. The molecule has 2 aromatic rings. The van der Waals surface area contributed by atoms with Gasteiger partial charge in [0.15, 0.2) is 0 Å². The van der Waals surface area contributed by atoms with Crippen molar-refractivity contribution in [1.82, 2.24) is 9.55 Å². The van der Waals surface area contributed by atoms with Gasteiger partial charge in [-0.3, -0.25) is 9.36 Å². The summed E-state index contributed by atoms with van der Waals surface area (Å²) in [7, 11) is 1.57. The fourth-order valence-corrected chi connectivity index (χ4v) is 1.54. The van der Waals surface area contributed by atoms with E-state index in [-0.39, 0.29) is 12.5 Å². The first-order valence-corrected chi connectivity index (χ1v) is 5.64. The quantitative estimate of drug-likeness (QED) is 0.885. The maximum Gasteiger partial charge on any atom is 0.347 e. The number of nitrogens with zero attached hydrogens (tertiary/aromatic N) is 2. The SMILES string of the molecule is COc1ccc(NC(=O)Cn2cccnc2=O)cc1. The molecular formula is C13H13N3O3. The molecule has 0 spiro atoms. The average Bonchev–Trinajstić information content (AvgIpc) is 2.42. The normalized spacial score (nSPS) is 9.95. The van der Waals surface area contributed by atoms with Gasteiger partial charge in [0, 0.05) is 18.1 Å². The van der Waals surface area contributed by atoms with Crippen LogP contribution >= 0.6 is 0 Å². The first kappa shape index (κ1) is 12.8. The van der Waals surface area contributed by atoms with Crippen LogP contribution in [-0.4, -0.2) is 22.6 Å². The van der Waals surface area contributed by atoms with E-state index in [4.69, 9.17) is 4.74 Å². The first-order valence-electron chi connectivity index (χ1n) is 5.64. The number of benzene rings is 1. The summed E-state index contributed by atoms with van der Waals surface area (Å²) in [5, 5.41) is 2.69. The molecular weight excluding hydrogens is 246 g/mol. The number of nitrogens with one attached hydrogen (secondary N) is 1. The molecule has 0 fully saturated rings. The smallest absolute Gasteiger partial charge is 0.347 e. The van der Waals surface area contributed by atoms with Crippen molar-refractivity contribution >= 4 is 11.6 Å². The zero-order valence-electron chi connectivity index (χ0n) is 10.4. The highest BCUT2D eigenvalue weighted by Crippen LogP contribution is 2.14. The molecule has 0 radical (unpaired) electrons. The minimum absolute atomic E-state index is 0.0707. The molecule has 19 heavy (non-hydrogen) atoms. The Balaban J connectivity index is 2.01. The van der Waals surface area contributed by atoms with Gasteiger partial charge in [0.25, 0.3) is 0 Å². The summed E-state index contributed by atoms with van der Waals surface area (Å²) in [6.07, 6.45) is 2.91. The van der Waals surface area contributed by atoms with Crippen molar-refractivity contribution in [2.45, 2.75) is 6.54 Å². The van der Waals surface area contributed by atoms with E-state index >= 15 is 0 Å². The number of methoxy groups -OCH3 is 1. The number of ether oxygens (including phenoxy) is 1. The molecule has 0 saturated carbocycles. The molecule has 0 aliphatic heterocycles. The summed E-state index contributed by atoms with van der Waals surface area (Å²) in [5.41, 5.74) is 0.190. The van der Waals surface area contributed by atoms with Crippen molar-refractivity contribution in [3.8, 4) is 5.75 Å². The van der Waals surface area contributed by atoms with E-state index in [0.29, 0.717) is 11.4 Å². The summed E-state index contributed by atoms with van der Waals surface area (Å²) >= 11 is 0. The molecule has 6 heteroatoms. The van der Waals surface area contributed by atoms with E-state index in [2.05, 4.69) is 10.3 Å². The third-order valence-corrected chi connectivity index (χ3v) is 2.47. The number of hydrogen-bond donors (Lipinski definition) is 1. The third-order valence-electron chi connectivity index (χ3n) is 2.47. The number of aromatic nitrogens is 2. The van der Waals surface area contributed by atoms with Crippen LogP contribution in [0.2, 0.25) is 0 Å². The Morgan fingerprint density at radius 2 is 2.11 bits per heavy atom. The molecule has 1 heterocycles. The second-order valence-corrected chi connectivity index (χ2v) is 3.81. The van der Waals surface area contributed by atoms with Gasteiger partial charge in [-0.15, -0.1) is 0 Å². The van der Waals surface area contributed by atoms with Crippen LogP contribution in [0.3, 0.4) is 0 Å². The van der Waals surface area contributed by atoms with Crippen molar-refractivity contribution in [3.05, 3.63) is 53.2 Å². The summed E-state index contributed by atoms with van der Waals surface area (Å²) in [6, 6.07) is 8.53. The molecule has 0 aliphatic carbocycles. The summed E-state index contributed by atoms with van der Waals surface area (Å²) in [6.45, 7) is -0.0707. The molecule has 0 bridgehead atoms. The van der Waals surface area contributed by atoms with Gasteiger partial charge in [-0.2, -0.15) is 0 Å². The third kappa shape index (κ3) is 3.41. The van der Waals surface area contributed by atoms with Crippen LogP contribution in [0.5, 0.6) is 5.75 Å². The number of carbonyl (C=O) groups excluding carboxylic acids is 1. The van der Waals surface area contributed by atoms with Crippen LogP contribution in [0.1, 0.15) is 0 Å². The van der Waals surface area contributed by atoms with E-state index < -0.39 is 5.69 Å². The monoisotopic (exact) mass is 259 g/mol. The van der Waals surface area contributed by atoms with Gasteiger partial charge in [0.05, 0.1) is 7.11 Å². The Kier molecular flexibility index (Phi) is 3.92. The van der Waals surface area contributed by atoms with Crippen LogP contribution in [-0.2, 0) is 11.3 Å². The van der Waals surface area contributed by atoms with Crippen molar-refractivity contribution in [3.63, 3.8) is 0 Å². The molecule has 0 saturated heterocycles. The molecule has 1 N–H and O–H groups in total. The van der Waals surface area contributed by atoms with E-state index in [0.717, 1.165) is 0 Å². The zero-order valence-corrected chi connectivity index (χ0v) is 10.4. The van der Waals surface area contributed by atoms with Crippen LogP contribution in [0.25, 0.3) is 0 Å². The van der Waals surface area contributed by atoms with E-state index in [9.17, 15) is 9.59 Å². The summed E-state index contributed by atoms with van der Waals surface area (Å²) < 4.78 is 6.25. The van der Waals surface area contributed by atoms with Crippen molar-refractivity contribution in [1.29, 1.82) is 0 Å². The fourth-order valence-electron chi connectivity index (χ4n) is 1.54. The van der Waals surface area contributed by atoms with Crippen molar-refractivity contribution in [2.75, 3.05) is 12.4 Å². The van der Waals surface area contributed by atoms with Crippen LogP contribution < -0.4 is 15.7 Å². The number of rotatable bonds is 4. The lowest BCUT2D eigenvalue weighted by Gasteiger charge is -2.07. The molecule has 0 aliphatic rings. The van der Waals surface area contributed by atoms with Gasteiger partial charge < -0.3 is 10.1 Å². The first-order chi connectivity index (χ1) is 9.19. The number of carbonyl (C=O) groups is 1. The molecule has 6 nitrogen and oxygen atoms in total. The lowest BCUT2D eigenvalue weighted by Crippen LogP contribution is -2.28. The zero-order chi connectivity index (χ0) is 13.7. The standard InChI is InChI=1S/C13H13N3O3/c1-19-11-5-3-10(4-6-11)15-12(17)9-16-8-2-7-14-13(16)18/h2-8H,9H2,1H3,(H,15,17).